The molecule has 0 saturated heterocycles. The Kier molecular flexibility index (Phi) is 6.54. The molecule has 1 N–H and O–H groups in total. The van der Waals surface area contributed by atoms with Crippen LogP contribution in [0.25, 0.3) is 89.1 Å². The number of aromatic hydroxyl groups is 1. The molecule has 0 amide bonds. The lowest BCUT2D eigenvalue weighted by Crippen LogP contribution is -2.01. The minimum atomic E-state index is 0.137. The molecule has 0 spiro atoms. The molecule has 0 aliphatic heterocycles. The lowest BCUT2D eigenvalue weighted by atomic mass is 9.89. The Bertz CT molecular complexity index is 2640. The number of para-hydroxylation sites is 1. The van der Waals surface area contributed by atoms with E-state index in [0.29, 0.717) is 28.6 Å². The summed E-state index contributed by atoms with van der Waals surface area (Å²) in [7, 11) is 0. The second-order valence-corrected chi connectivity index (χ2v) is 11.8. The van der Waals surface area contributed by atoms with Crippen LogP contribution in [0.3, 0.4) is 0 Å². The van der Waals surface area contributed by atoms with Crippen LogP contribution in [0.2, 0.25) is 0 Å². The first-order valence-corrected chi connectivity index (χ1v) is 15.8. The van der Waals surface area contributed by atoms with Gasteiger partial charge in [-0.25, -0.2) is 15.0 Å². The van der Waals surface area contributed by atoms with Gasteiger partial charge in [-0.05, 0) is 51.7 Å². The van der Waals surface area contributed by atoms with E-state index in [4.69, 9.17) is 19.4 Å². The van der Waals surface area contributed by atoms with Crippen LogP contribution < -0.4 is 0 Å². The van der Waals surface area contributed by atoms with Gasteiger partial charge in [0.2, 0.25) is 0 Å². The lowest BCUT2D eigenvalue weighted by Gasteiger charge is -2.17. The molecule has 0 aliphatic carbocycles. The summed E-state index contributed by atoms with van der Waals surface area (Å²) >= 11 is 0. The average Bonchev–Trinajstić information content (AvgIpc) is 3.54. The standard InChI is InChI=1S/C43H27N3O2/c47-36-21-10-20-35(39(36)32-17-7-6-16-31(32)33-19-11-23-38-40(33)34-18-8-9-22-37(34)48-38)43-45-41(28-13-2-1-3-14-28)44-42(46-43)30-25-24-27-12-4-5-15-29(27)26-30/h1-26,47H. The van der Waals surface area contributed by atoms with Gasteiger partial charge in [-0.2, -0.15) is 0 Å². The van der Waals surface area contributed by atoms with E-state index in [1.807, 2.05) is 109 Å². The molecule has 9 rings (SSSR count). The fourth-order valence-electron chi connectivity index (χ4n) is 6.61. The topological polar surface area (TPSA) is 72.0 Å². The summed E-state index contributed by atoms with van der Waals surface area (Å²) < 4.78 is 6.24. The zero-order valence-corrected chi connectivity index (χ0v) is 25.7. The van der Waals surface area contributed by atoms with Gasteiger partial charge < -0.3 is 9.52 Å². The minimum absolute atomic E-state index is 0.137. The van der Waals surface area contributed by atoms with Crippen LogP contribution in [0.1, 0.15) is 0 Å². The third-order valence-corrected chi connectivity index (χ3v) is 8.85. The highest BCUT2D eigenvalue weighted by Gasteiger charge is 2.22. The Morgan fingerprint density at radius 2 is 1.04 bits per heavy atom. The van der Waals surface area contributed by atoms with Crippen LogP contribution in [-0.4, -0.2) is 20.1 Å². The number of phenols is 1. The third-order valence-electron chi connectivity index (χ3n) is 8.85. The Labute approximate surface area is 276 Å². The normalized spacial score (nSPS) is 11.4. The molecule has 0 aliphatic rings. The predicted octanol–water partition coefficient (Wildman–Crippen LogP) is 11.0. The van der Waals surface area contributed by atoms with Crippen molar-refractivity contribution in [1.82, 2.24) is 15.0 Å². The smallest absolute Gasteiger partial charge is 0.164 e. The maximum Gasteiger partial charge on any atom is 0.164 e. The van der Waals surface area contributed by atoms with E-state index in [1.165, 1.54) is 0 Å². The highest BCUT2D eigenvalue weighted by atomic mass is 16.3. The summed E-state index contributed by atoms with van der Waals surface area (Å²) in [6, 6.07) is 52.3. The maximum atomic E-state index is 11.6. The monoisotopic (exact) mass is 617 g/mol. The van der Waals surface area contributed by atoms with E-state index in [2.05, 4.69) is 42.5 Å². The highest BCUT2D eigenvalue weighted by Crippen LogP contribution is 2.45. The molecule has 2 aromatic heterocycles. The molecule has 0 saturated carbocycles. The Morgan fingerprint density at radius 3 is 1.92 bits per heavy atom. The first-order valence-electron chi connectivity index (χ1n) is 15.8. The molecule has 7 aromatic carbocycles. The fraction of sp³-hybridized carbons (Fsp3) is 0. The molecule has 0 bridgehead atoms. The fourth-order valence-corrected chi connectivity index (χ4v) is 6.61. The predicted molar refractivity (Wildman–Crippen MR) is 193 cm³/mol. The van der Waals surface area contributed by atoms with Crippen molar-refractivity contribution >= 4 is 32.7 Å². The van der Waals surface area contributed by atoms with E-state index < -0.39 is 0 Å². The molecular formula is C43H27N3O2. The first-order chi connectivity index (χ1) is 23.7. The average molecular weight is 618 g/mol. The number of hydrogen-bond donors (Lipinski definition) is 1. The Hall–Kier alpha value is -6.59. The van der Waals surface area contributed by atoms with E-state index in [0.717, 1.165) is 60.5 Å². The van der Waals surface area contributed by atoms with Crippen molar-refractivity contribution < 1.29 is 9.52 Å². The quantitative estimate of drug-likeness (QED) is 0.208. The van der Waals surface area contributed by atoms with Crippen LogP contribution in [0.5, 0.6) is 5.75 Å². The Morgan fingerprint density at radius 1 is 0.417 bits per heavy atom. The Balaban J connectivity index is 1.28. The van der Waals surface area contributed by atoms with Gasteiger partial charge in [0.15, 0.2) is 17.5 Å². The molecule has 226 valence electrons. The van der Waals surface area contributed by atoms with Gasteiger partial charge in [-0.3, -0.25) is 0 Å². The van der Waals surface area contributed by atoms with Crippen LogP contribution in [0.15, 0.2) is 162 Å². The second kappa shape index (κ2) is 11.3. The third kappa shape index (κ3) is 4.68. The van der Waals surface area contributed by atoms with Crippen molar-refractivity contribution in [2.75, 3.05) is 0 Å². The van der Waals surface area contributed by atoms with Crippen LogP contribution in [0, 0.1) is 0 Å². The van der Waals surface area contributed by atoms with Crippen LogP contribution in [0.4, 0.5) is 0 Å². The van der Waals surface area contributed by atoms with Gasteiger partial charge >= 0.3 is 0 Å². The number of rotatable bonds is 5. The van der Waals surface area contributed by atoms with Gasteiger partial charge in [-0.1, -0.05) is 133 Å². The van der Waals surface area contributed by atoms with Gasteiger partial charge in [0, 0.05) is 33.0 Å². The molecule has 2 heterocycles. The molecule has 0 radical (unpaired) electrons. The highest BCUT2D eigenvalue weighted by molar-refractivity contribution is 6.14. The van der Waals surface area contributed by atoms with E-state index >= 15 is 0 Å². The molecule has 0 unspecified atom stereocenters. The van der Waals surface area contributed by atoms with Crippen LogP contribution >= 0.6 is 0 Å². The van der Waals surface area contributed by atoms with E-state index in [-0.39, 0.29) is 5.75 Å². The zero-order chi connectivity index (χ0) is 32.0. The largest absolute Gasteiger partial charge is 0.507 e. The molecule has 0 fully saturated rings. The number of nitrogens with zero attached hydrogens (tertiary/aromatic N) is 3. The van der Waals surface area contributed by atoms with E-state index in [1.54, 1.807) is 6.07 Å². The number of hydrogen-bond acceptors (Lipinski definition) is 5. The van der Waals surface area contributed by atoms with Gasteiger partial charge in [0.05, 0.1) is 0 Å². The second-order valence-electron chi connectivity index (χ2n) is 11.8. The molecular weight excluding hydrogens is 590 g/mol. The van der Waals surface area contributed by atoms with Crippen molar-refractivity contribution in [3.05, 3.63) is 158 Å². The maximum absolute atomic E-state index is 11.6. The number of furan rings is 1. The number of fused-ring (bicyclic) bond motifs is 4. The molecule has 48 heavy (non-hydrogen) atoms. The van der Waals surface area contributed by atoms with Gasteiger partial charge in [0.1, 0.15) is 16.9 Å². The number of benzene rings is 7. The zero-order valence-electron chi connectivity index (χ0n) is 25.7. The van der Waals surface area contributed by atoms with Crippen molar-refractivity contribution in [3.8, 4) is 62.2 Å². The SMILES string of the molecule is Oc1cccc(-c2nc(-c3ccccc3)nc(-c3ccc4ccccc4c3)n2)c1-c1ccccc1-c1cccc2oc3ccccc3c12. The van der Waals surface area contributed by atoms with E-state index in [9.17, 15) is 5.11 Å². The number of aromatic nitrogens is 3. The molecule has 9 aromatic rings. The number of phenolic OH excluding ortho intramolecular Hbond substituents is 1. The lowest BCUT2D eigenvalue weighted by molar-refractivity contribution is 0.477. The van der Waals surface area contributed by atoms with Gasteiger partial charge in [0.25, 0.3) is 0 Å². The molecule has 5 heteroatoms. The molecule has 5 nitrogen and oxygen atoms in total. The summed E-state index contributed by atoms with van der Waals surface area (Å²) in [6.07, 6.45) is 0. The van der Waals surface area contributed by atoms with Crippen molar-refractivity contribution in [3.63, 3.8) is 0 Å². The summed E-state index contributed by atoms with van der Waals surface area (Å²) in [6.45, 7) is 0. The van der Waals surface area contributed by atoms with Crippen molar-refractivity contribution in [2.24, 2.45) is 0 Å². The summed E-state index contributed by atoms with van der Waals surface area (Å²) in [5.74, 6) is 1.72. The van der Waals surface area contributed by atoms with Crippen molar-refractivity contribution in [2.45, 2.75) is 0 Å². The minimum Gasteiger partial charge on any atom is -0.507 e. The molecule has 0 atom stereocenters. The van der Waals surface area contributed by atoms with Gasteiger partial charge in [-0.15, -0.1) is 0 Å². The summed E-state index contributed by atoms with van der Waals surface area (Å²) in [5.41, 5.74) is 7.59. The summed E-state index contributed by atoms with van der Waals surface area (Å²) in [5, 5.41) is 15.9. The van der Waals surface area contributed by atoms with Crippen LogP contribution in [-0.2, 0) is 0 Å². The summed E-state index contributed by atoms with van der Waals surface area (Å²) in [4.78, 5) is 15.1. The first kappa shape index (κ1) is 27.7. The van der Waals surface area contributed by atoms with Crippen molar-refractivity contribution in [1.29, 1.82) is 0 Å².